The molecule has 4 rings (SSSR count). The summed E-state index contributed by atoms with van der Waals surface area (Å²) in [6.07, 6.45) is 6.26. The van der Waals surface area contributed by atoms with Gasteiger partial charge in [0.25, 0.3) is 0 Å². The first-order valence-electron chi connectivity index (χ1n) is 11.9. The molecular weight excluding hydrogens is 437 g/mol. The topological polar surface area (TPSA) is 26.3 Å². The summed E-state index contributed by atoms with van der Waals surface area (Å²) in [7, 11) is 0. The average molecular weight is 467 g/mol. The van der Waals surface area contributed by atoms with E-state index in [1.165, 1.54) is 42.8 Å². The fraction of sp³-hybridized carbons (Fsp3) is 0.345. The highest BCUT2D eigenvalue weighted by Gasteiger charge is 2.26. The maximum Gasteiger partial charge on any atom is 0.343 e. The first kappa shape index (κ1) is 24.1. The number of carbonyl (C=O) groups excluding carboxylic acids is 1. The van der Waals surface area contributed by atoms with Crippen molar-refractivity contribution in [1.82, 2.24) is 0 Å². The van der Waals surface area contributed by atoms with Crippen molar-refractivity contribution in [1.29, 1.82) is 0 Å². The van der Waals surface area contributed by atoms with Crippen LogP contribution in [0.2, 0.25) is 0 Å². The highest BCUT2D eigenvalue weighted by atomic mass is 19.2. The van der Waals surface area contributed by atoms with E-state index in [4.69, 9.17) is 4.74 Å². The third kappa shape index (κ3) is 5.19. The minimum atomic E-state index is -0.870. The molecule has 1 fully saturated rings. The highest BCUT2D eigenvalue weighted by Crippen LogP contribution is 2.40. The van der Waals surface area contributed by atoms with Crippen molar-refractivity contribution in [2.45, 2.75) is 58.3 Å². The third-order valence-electron chi connectivity index (χ3n) is 6.82. The Balaban J connectivity index is 1.48. The number of esters is 1. The average Bonchev–Trinajstić information content (AvgIpc) is 2.83. The van der Waals surface area contributed by atoms with Crippen molar-refractivity contribution in [3.05, 3.63) is 88.7 Å². The number of rotatable bonds is 6. The predicted molar refractivity (Wildman–Crippen MR) is 127 cm³/mol. The highest BCUT2D eigenvalue weighted by molar-refractivity contribution is 5.91. The van der Waals surface area contributed by atoms with Gasteiger partial charge in [-0.2, -0.15) is 0 Å². The van der Waals surface area contributed by atoms with Crippen LogP contribution in [0.5, 0.6) is 5.75 Å². The molecule has 3 aromatic rings. The molecule has 0 heterocycles. The Morgan fingerprint density at radius 1 is 0.912 bits per heavy atom. The van der Waals surface area contributed by atoms with E-state index in [-0.39, 0.29) is 22.8 Å². The number of carbonyl (C=O) groups is 1. The maximum absolute atomic E-state index is 15.0. The molecule has 0 spiro atoms. The van der Waals surface area contributed by atoms with Crippen LogP contribution >= 0.6 is 0 Å². The summed E-state index contributed by atoms with van der Waals surface area (Å²) in [5.74, 6) is -2.42. The molecule has 2 nitrogen and oxygen atoms in total. The Kier molecular flexibility index (Phi) is 7.40. The normalized spacial score (nSPS) is 18.0. The SMILES string of the molecule is CCCC1CCC(c2ccc(-c3ccc(C(=O)Oc4ccc(C)cc4F)cc3)c(F)c2F)CC1. The standard InChI is InChI=1S/C29H29F3O2/c1-3-4-19-6-8-20(9-7-19)23-14-15-24(28(32)27(23)31)21-10-12-22(13-11-21)29(33)34-26-16-5-18(2)17-25(26)30/h5,10-17,19-20H,3-4,6-9H2,1-2H3. The molecule has 0 unspecified atom stereocenters. The third-order valence-corrected chi connectivity index (χ3v) is 6.82. The second-order valence-electron chi connectivity index (χ2n) is 9.24. The van der Waals surface area contributed by atoms with E-state index in [1.807, 2.05) is 0 Å². The predicted octanol–water partition coefficient (Wildman–Crippen LogP) is 8.37. The minimum absolute atomic E-state index is 0.0518. The summed E-state index contributed by atoms with van der Waals surface area (Å²) >= 11 is 0. The van der Waals surface area contributed by atoms with Crippen LogP contribution < -0.4 is 4.74 Å². The molecule has 178 valence electrons. The molecular formula is C29H29F3O2. The lowest BCUT2D eigenvalue weighted by molar-refractivity contribution is 0.0728. The lowest BCUT2D eigenvalue weighted by atomic mass is 9.77. The van der Waals surface area contributed by atoms with Gasteiger partial charge in [-0.1, -0.05) is 50.1 Å². The quantitative estimate of drug-likeness (QED) is 0.269. The summed E-state index contributed by atoms with van der Waals surface area (Å²) in [5, 5.41) is 0. The Morgan fingerprint density at radius 3 is 2.26 bits per heavy atom. The zero-order valence-corrected chi connectivity index (χ0v) is 19.5. The molecule has 1 aliphatic rings. The van der Waals surface area contributed by atoms with Gasteiger partial charge in [0.05, 0.1) is 5.56 Å². The van der Waals surface area contributed by atoms with Crippen molar-refractivity contribution >= 4 is 5.97 Å². The fourth-order valence-electron chi connectivity index (χ4n) is 4.91. The van der Waals surface area contributed by atoms with Gasteiger partial charge >= 0.3 is 5.97 Å². The first-order valence-corrected chi connectivity index (χ1v) is 11.9. The van der Waals surface area contributed by atoms with Gasteiger partial charge in [-0.05, 0) is 85.4 Å². The number of hydrogen-bond acceptors (Lipinski definition) is 2. The summed E-state index contributed by atoms with van der Waals surface area (Å²) in [6.45, 7) is 3.92. The molecule has 0 aliphatic heterocycles. The summed E-state index contributed by atoms with van der Waals surface area (Å²) in [6, 6.07) is 13.6. The van der Waals surface area contributed by atoms with Crippen molar-refractivity contribution in [2.24, 2.45) is 5.92 Å². The molecule has 0 N–H and O–H groups in total. The molecule has 3 aromatic carbocycles. The zero-order valence-electron chi connectivity index (χ0n) is 19.5. The van der Waals surface area contributed by atoms with Crippen molar-refractivity contribution < 1.29 is 22.7 Å². The monoisotopic (exact) mass is 466 g/mol. The maximum atomic E-state index is 15.0. The van der Waals surface area contributed by atoms with Crippen LogP contribution in [0.1, 0.15) is 72.9 Å². The Bertz CT molecular complexity index is 1160. The van der Waals surface area contributed by atoms with Crippen molar-refractivity contribution in [3.8, 4) is 16.9 Å². The van der Waals surface area contributed by atoms with E-state index in [0.717, 1.165) is 32.1 Å². The van der Waals surface area contributed by atoms with Crippen LogP contribution in [0.25, 0.3) is 11.1 Å². The van der Waals surface area contributed by atoms with E-state index >= 15 is 8.78 Å². The van der Waals surface area contributed by atoms with Gasteiger partial charge < -0.3 is 4.74 Å². The lowest BCUT2D eigenvalue weighted by Gasteiger charge is -2.29. The molecule has 0 saturated heterocycles. The van der Waals surface area contributed by atoms with Gasteiger partial charge in [-0.3, -0.25) is 0 Å². The number of ether oxygens (including phenoxy) is 1. The van der Waals surface area contributed by atoms with E-state index in [1.54, 1.807) is 25.1 Å². The van der Waals surface area contributed by atoms with Gasteiger partial charge in [0, 0.05) is 5.56 Å². The molecule has 0 bridgehead atoms. The molecule has 0 amide bonds. The molecule has 1 saturated carbocycles. The summed E-state index contributed by atoms with van der Waals surface area (Å²) in [4.78, 5) is 12.4. The van der Waals surface area contributed by atoms with Crippen LogP contribution in [-0.2, 0) is 0 Å². The molecule has 1 aliphatic carbocycles. The Morgan fingerprint density at radius 2 is 1.62 bits per heavy atom. The van der Waals surface area contributed by atoms with E-state index < -0.39 is 23.4 Å². The molecule has 0 radical (unpaired) electrons. The second-order valence-corrected chi connectivity index (χ2v) is 9.24. The van der Waals surface area contributed by atoms with Crippen LogP contribution in [0.4, 0.5) is 13.2 Å². The van der Waals surface area contributed by atoms with Gasteiger partial charge in [0.15, 0.2) is 23.2 Å². The van der Waals surface area contributed by atoms with E-state index in [0.29, 0.717) is 22.6 Å². The van der Waals surface area contributed by atoms with E-state index in [2.05, 4.69) is 6.92 Å². The fourth-order valence-corrected chi connectivity index (χ4v) is 4.91. The van der Waals surface area contributed by atoms with Crippen LogP contribution in [0, 0.1) is 30.3 Å². The lowest BCUT2D eigenvalue weighted by Crippen LogP contribution is -2.15. The minimum Gasteiger partial charge on any atom is -0.420 e. The molecule has 0 atom stereocenters. The van der Waals surface area contributed by atoms with Crippen molar-refractivity contribution in [3.63, 3.8) is 0 Å². The molecule has 5 heteroatoms. The van der Waals surface area contributed by atoms with Crippen LogP contribution in [0.3, 0.4) is 0 Å². The smallest absolute Gasteiger partial charge is 0.343 e. The van der Waals surface area contributed by atoms with E-state index in [9.17, 15) is 9.18 Å². The first-order chi connectivity index (χ1) is 16.4. The second kappa shape index (κ2) is 10.5. The van der Waals surface area contributed by atoms with Crippen LogP contribution in [-0.4, -0.2) is 5.97 Å². The summed E-state index contributed by atoms with van der Waals surface area (Å²) in [5.41, 5.74) is 1.95. The molecule has 0 aromatic heterocycles. The molecule has 34 heavy (non-hydrogen) atoms. The Labute approximate surface area is 198 Å². The zero-order chi connectivity index (χ0) is 24.2. The number of benzene rings is 3. The Hall–Kier alpha value is -3.08. The summed E-state index contributed by atoms with van der Waals surface area (Å²) < 4.78 is 49.1. The largest absolute Gasteiger partial charge is 0.420 e. The van der Waals surface area contributed by atoms with Crippen LogP contribution in [0.15, 0.2) is 54.6 Å². The van der Waals surface area contributed by atoms with Crippen molar-refractivity contribution in [2.75, 3.05) is 0 Å². The van der Waals surface area contributed by atoms with Gasteiger partial charge in [0.2, 0.25) is 0 Å². The number of hydrogen-bond donors (Lipinski definition) is 0. The number of aryl methyl sites for hydroxylation is 1. The van der Waals surface area contributed by atoms with Gasteiger partial charge in [-0.25, -0.2) is 18.0 Å². The number of halogens is 3. The van der Waals surface area contributed by atoms with Gasteiger partial charge in [-0.15, -0.1) is 0 Å². The van der Waals surface area contributed by atoms with Gasteiger partial charge in [0.1, 0.15) is 0 Å².